The highest BCUT2D eigenvalue weighted by molar-refractivity contribution is 5.81. The third-order valence-corrected chi connectivity index (χ3v) is 15.3. The summed E-state index contributed by atoms with van der Waals surface area (Å²) >= 11 is 0. The first-order valence-electron chi connectivity index (χ1n) is 30.8. The molecule has 19 nitrogen and oxygen atoms in total. The molecule has 20 atom stereocenters. The molecule has 15 N–H and O–H groups in total. The fourth-order valence-corrected chi connectivity index (χ4v) is 9.81. The maximum absolute atomic E-state index is 13.9. The van der Waals surface area contributed by atoms with E-state index < -0.39 is 134 Å². The molecule has 0 bridgehead atoms. The van der Waals surface area contributed by atoms with Crippen LogP contribution in [0.15, 0.2) is 134 Å². The zero-order valence-corrected chi connectivity index (χ0v) is 51.2. The molecular weight excluding hydrogens is 1110 g/mol. The Kier molecular flexibility index (Phi) is 40.7. The highest BCUT2D eigenvalue weighted by atomic mass is 16.7. The fraction of sp³-hybridized carbons (Fsp3) is 0.642. The molecule has 0 spiro atoms. The predicted octanol–water partition coefficient (Wildman–Crippen LogP) is 5.31. The SMILES string of the molecule is C=CCC/C1=C/CC(OC2O[C@H](C)[C@@H](O)[C@@H](O)[C@@H]2O)C(C)C(=O)CC(O)CC(O)CC(O)/C=C/CC(O)CC(O)CC(O)CC(/C=C/CC(O)/C=C/CC(O)CCCN)OC(=O)CC/C=C/C=C/C=C/C=C/C=C/C(C)C(O)C(C)C(O)/C=C/CC1. The van der Waals surface area contributed by atoms with Gasteiger partial charge in [-0.15, -0.1) is 6.58 Å². The molecule has 16 unspecified atom stereocenters. The molecule has 0 aromatic rings. The van der Waals surface area contributed by atoms with Gasteiger partial charge in [-0.25, -0.2) is 0 Å². The molecule has 2 rings (SSSR count). The second-order valence-electron chi connectivity index (χ2n) is 23.1. The van der Waals surface area contributed by atoms with Crippen molar-refractivity contribution in [1.29, 1.82) is 0 Å². The second kappa shape index (κ2) is 45.0. The topological polar surface area (TPSA) is 351 Å². The number of carbonyl (C=O) groups is 2. The molecule has 0 aliphatic carbocycles. The van der Waals surface area contributed by atoms with Gasteiger partial charge in [0.1, 0.15) is 30.2 Å². The molecule has 0 aromatic carbocycles. The second-order valence-corrected chi connectivity index (χ2v) is 23.1. The zero-order chi connectivity index (χ0) is 64.0. The van der Waals surface area contributed by atoms with E-state index in [-0.39, 0.29) is 63.7 Å². The first kappa shape index (κ1) is 77.7. The number of rotatable bonds is 14. The highest BCUT2D eigenvalue weighted by Crippen LogP contribution is 2.29. The first-order chi connectivity index (χ1) is 40.9. The molecule has 0 aromatic heterocycles. The van der Waals surface area contributed by atoms with Crippen LogP contribution < -0.4 is 5.73 Å². The molecule has 19 heteroatoms. The van der Waals surface area contributed by atoms with E-state index in [1.807, 2.05) is 61.6 Å². The number of carbonyl (C=O) groups excluding carboxylic acids is 2. The summed E-state index contributed by atoms with van der Waals surface area (Å²) in [6.07, 6.45) is 18.6. The average molecular weight is 1210 g/mol. The highest BCUT2D eigenvalue weighted by Gasteiger charge is 2.44. The number of allylic oxidation sites excluding steroid dienone is 12. The Bertz CT molecular complexity index is 2190. The minimum absolute atomic E-state index is 0.000868. The maximum atomic E-state index is 13.9. The molecule has 1 saturated heterocycles. The van der Waals surface area contributed by atoms with Crippen LogP contribution in [0.2, 0.25) is 0 Å². The van der Waals surface area contributed by atoms with Crippen LogP contribution in [0.4, 0.5) is 0 Å². The Morgan fingerprint density at radius 2 is 1.31 bits per heavy atom. The van der Waals surface area contributed by atoms with Crippen LogP contribution in [0.1, 0.15) is 143 Å². The zero-order valence-electron chi connectivity index (χ0n) is 51.2. The first-order valence-corrected chi connectivity index (χ1v) is 30.8. The molecule has 2 aliphatic heterocycles. The van der Waals surface area contributed by atoms with E-state index in [1.54, 1.807) is 68.5 Å². The summed E-state index contributed by atoms with van der Waals surface area (Å²) in [4.78, 5) is 26.8. The van der Waals surface area contributed by atoms with Gasteiger partial charge < -0.3 is 86.3 Å². The van der Waals surface area contributed by atoms with Gasteiger partial charge in [-0.3, -0.25) is 9.59 Å². The Labute approximate surface area is 511 Å². The Hall–Kier alpha value is -4.36. The van der Waals surface area contributed by atoms with Gasteiger partial charge in [0.05, 0.1) is 73.2 Å². The Morgan fingerprint density at radius 3 is 2.01 bits per heavy atom. The van der Waals surface area contributed by atoms with Crippen molar-refractivity contribution in [3.05, 3.63) is 134 Å². The van der Waals surface area contributed by atoms with Crippen molar-refractivity contribution in [3.63, 3.8) is 0 Å². The molecule has 0 amide bonds. The van der Waals surface area contributed by atoms with E-state index in [4.69, 9.17) is 19.9 Å². The molecule has 488 valence electrons. The Morgan fingerprint density at radius 1 is 0.674 bits per heavy atom. The summed E-state index contributed by atoms with van der Waals surface area (Å²) in [5, 5.41) is 140. The van der Waals surface area contributed by atoms with Crippen molar-refractivity contribution in [3.8, 4) is 0 Å². The quantitative estimate of drug-likeness (QED) is 0.0774. The van der Waals surface area contributed by atoms with Crippen molar-refractivity contribution in [2.75, 3.05) is 6.54 Å². The normalized spacial score (nSPS) is 37.6. The largest absolute Gasteiger partial charge is 0.458 e. The standard InChI is InChI=1S/C67H107NO18/c1-6-7-25-49-26-18-19-34-59(77)47(4)63(80)45(2)24-16-14-12-10-8-9-11-13-15-17-35-62(79)85-58(33-22-29-50(69)27-20-28-51(70)32-23-38-68)43-56(75)41-54(73)39-52(71)30-21-31-53(72)40-55(74)42-57(76)44-60(78)46(3)61(37-36-49)86-67-66(83)65(82)64(81)48(5)84-67/h6,8-16,19-22,24,27,31,33-34,36,45-48,50-59,61,63-67,69-77,80-83H,1,7,17-18,23,25-26,28-30,32,35,37-44,68H2,2-5H3/b10-8+,11-9+,14-12+,15-13+,24-16+,27-20+,31-21+,33-22+,34-19+,49-36-/t45?,46?,47?,48-,50?,51?,52?,53?,54?,55?,56?,57?,58?,59?,61?,63?,64-,65-,66+,67?/m1/s1. The molecule has 2 aliphatic rings. The Balaban J connectivity index is 2.33. The van der Waals surface area contributed by atoms with Gasteiger partial charge in [0.15, 0.2) is 6.29 Å². The lowest BCUT2D eigenvalue weighted by Crippen LogP contribution is -2.58. The third-order valence-electron chi connectivity index (χ3n) is 15.3. The van der Waals surface area contributed by atoms with Crippen LogP contribution in [0, 0.1) is 17.8 Å². The van der Waals surface area contributed by atoms with Crippen molar-refractivity contribution in [2.45, 2.75) is 247 Å². The van der Waals surface area contributed by atoms with E-state index in [0.29, 0.717) is 57.9 Å². The van der Waals surface area contributed by atoms with Crippen LogP contribution in [-0.4, -0.2) is 189 Å². The molecule has 86 heavy (non-hydrogen) atoms. The summed E-state index contributed by atoms with van der Waals surface area (Å²) in [5.74, 6) is -2.68. The monoisotopic (exact) mass is 1210 g/mol. The number of esters is 1. The number of Topliss-reactive ketones (excluding diaryl/α,β-unsaturated/α-hetero) is 1. The molecule has 0 radical (unpaired) electrons. The maximum Gasteiger partial charge on any atom is 0.306 e. The summed E-state index contributed by atoms with van der Waals surface area (Å²) in [6.45, 7) is 11.1. The third kappa shape index (κ3) is 33.8. The van der Waals surface area contributed by atoms with Gasteiger partial charge in [-0.05, 0) is 109 Å². The van der Waals surface area contributed by atoms with Gasteiger partial charge in [0.25, 0.3) is 0 Å². The van der Waals surface area contributed by atoms with Crippen molar-refractivity contribution >= 4 is 11.8 Å². The average Bonchev–Trinajstić information content (AvgIpc) is 2.13. The van der Waals surface area contributed by atoms with Crippen molar-refractivity contribution < 1.29 is 90.2 Å². The minimum Gasteiger partial charge on any atom is -0.458 e. The van der Waals surface area contributed by atoms with E-state index in [1.165, 1.54) is 19.1 Å². The number of aliphatic hydroxyl groups is 13. The van der Waals surface area contributed by atoms with Gasteiger partial charge in [-0.1, -0.05) is 142 Å². The smallest absolute Gasteiger partial charge is 0.306 e. The summed E-state index contributed by atoms with van der Waals surface area (Å²) in [5.41, 5.74) is 6.50. The number of hydrogen-bond donors (Lipinski definition) is 14. The lowest BCUT2D eigenvalue weighted by Gasteiger charge is -2.41. The van der Waals surface area contributed by atoms with E-state index in [9.17, 15) is 76.0 Å². The molecular formula is C67H107NO18. The number of ketones is 1. The molecule has 0 saturated carbocycles. The fourth-order valence-electron chi connectivity index (χ4n) is 9.81. The number of nitrogens with two attached hydrogens (primary N) is 1. The predicted molar refractivity (Wildman–Crippen MR) is 332 cm³/mol. The lowest BCUT2D eigenvalue weighted by molar-refractivity contribution is -0.306. The van der Waals surface area contributed by atoms with Crippen molar-refractivity contribution in [1.82, 2.24) is 0 Å². The van der Waals surface area contributed by atoms with Crippen LogP contribution in [-0.2, 0) is 23.8 Å². The van der Waals surface area contributed by atoms with Gasteiger partial charge in [0.2, 0.25) is 0 Å². The summed E-state index contributed by atoms with van der Waals surface area (Å²) in [7, 11) is 0. The van der Waals surface area contributed by atoms with Crippen LogP contribution in [0.25, 0.3) is 0 Å². The van der Waals surface area contributed by atoms with Crippen molar-refractivity contribution in [2.24, 2.45) is 23.5 Å². The minimum atomic E-state index is -1.65. The van der Waals surface area contributed by atoms with Gasteiger partial charge in [0, 0.05) is 43.4 Å². The molecule has 1 fully saturated rings. The summed E-state index contributed by atoms with van der Waals surface area (Å²) < 4.78 is 17.7. The van der Waals surface area contributed by atoms with Gasteiger partial charge in [-0.2, -0.15) is 0 Å². The number of ether oxygens (including phenoxy) is 3. The lowest BCUT2D eigenvalue weighted by atomic mass is 9.88. The number of aliphatic hydroxyl groups excluding tert-OH is 13. The van der Waals surface area contributed by atoms with E-state index in [0.717, 1.165) is 5.57 Å². The van der Waals surface area contributed by atoms with E-state index >= 15 is 0 Å². The summed E-state index contributed by atoms with van der Waals surface area (Å²) in [6, 6.07) is 0. The number of hydrogen-bond acceptors (Lipinski definition) is 19. The van der Waals surface area contributed by atoms with Gasteiger partial charge >= 0.3 is 5.97 Å². The van der Waals surface area contributed by atoms with Crippen LogP contribution >= 0.6 is 0 Å². The van der Waals surface area contributed by atoms with E-state index in [2.05, 4.69) is 6.58 Å². The van der Waals surface area contributed by atoms with Crippen LogP contribution in [0.5, 0.6) is 0 Å². The van der Waals surface area contributed by atoms with Crippen LogP contribution in [0.3, 0.4) is 0 Å². The molecule has 2 heterocycles. The number of cyclic esters (lactones) is 1.